The Hall–Kier alpha value is -1.45. The van der Waals surface area contributed by atoms with Crippen LogP contribution in [0.3, 0.4) is 0 Å². The van der Waals surface area contributed by atoms with E-state index in [9.17, 15) is 9.18 Å². The van der Waals surface area contributed by atoms with Gasteiger partial charge in [0.25, 0.3) is 5.91 Å². The fourth-order valence-corrected chi connectivity index (χ4v) is 2.39. The second-order valence-electron chi connectivity index (χ2n) is 4.40. The molecule has 1 aromatic rings. The van der Waals surface area contributed by atoms with Gasteiger partial charge < -0.3 is 4.90 Å². The van der Waals surface area contributed by atoms with Gasteiger partial charge in [0.2, 0.25) is 5.95 Å². The van der Waals surface area contributed by atoms with Crippen molar-refractivity contribution in [2.45, 2.75) is 38.6 Å². The zero-order valence-electron chi connectivity index (χ0n) is 10.0. The Labute approximate surface area is 101 Å². The van der Waals surface area contributed by atoms with Crippen LogP contribution < -0.4 is 0 Å². The van der Waals surface area contributed by atoms with E-state index in [4.69, 9.17) is 0 Å². The summed E-state index contributed by atoms with van der Waals surface area (Å²) >= 11 is 0. The van der Waals surface area contributed by atoms with E-state index in [1.807, 2.05) is 0 Å². The number of rotatable bonds is 2. The fraction of sp³-hybridized carbons (Fsp3) is 0.538. The number of hydrogen-bond donors (Lipinski definition) is 0. The monoisotopic (exact) mass is 236 g/mol. The van der Waals surface area contributed by atoms with Gasteiger partial charge in [-0.25, -0.2) is 4.98 Å². The molecule has 0 saturated carbocycles. The number of carbonyl (C=O) groups is 1. The molecule has 1 fully saturated rings. The highest BCUT2D eigenvalue weighted by atomic mass is 19.1. The number of aromatic nitrogens is 1. The number of hydrogen-bond acceptors (Lipinski definition) is 2. The van der Waals surface area contributed by atoms with Gasteiger partial charge in [-0.2, -0.15) is 4.39 Å². The van der Waals surface area contributed by atoms with Gasteiger partial charge in [0, 0.05) is 18.8 Å². The summed E-state index contributed by atoms with van der Waals surface area (Å²) in [5.41, 5.74) is 0.0906. The van der Waals surface area contributed by atoms with Gasteiger partial charge in [-0.1, -0.05) is 6.92 Å². The predicted octanol–water partition coefficient (Wildman–Crippen LogP) is 2.63. The standard InChI is InChI=1S/C13H17FN2O/c1-2-10-6-3-4-9-16(10)13(17)11-7-5-8-15-12(11)14/h5,7-8,10H,2-4,6,9H2,1H3. The van der Waals surface area contributed by atoms with Crippen LogP contribution in [-0.4, -0.2) is 28.4 Å². The number of piperidine rings is 1. The number of carbonyl (C=O) groups excluding carboxylic acids is 1. The molecule has 0 aromatic carbocycles. The lowest BCUT2D eigenvalue weighted by atomic mass is 9.99. The normalized spacial score (nSPS) is 20.4. The van der Waals surface area contributed by atoms with Crippen LogP contribution in [0.2, 0.25) is 0 Å². The first kappa shape index (κ1) is 12.0. The van der Waals surface area contributed by atoms with Crippen LogP contribution in [0.5, 0.6) is 0 Å². The van der Waals surface area contributed by atoms with Gasteiger partial charge in [0.15, 0.2) is 0 Å². The van der Waals surface area contributed by atoms with Crippen molar-refractivity contribution >= 4 is 5.91 Å². The van der Waals surface area contributed by atoms with Gasteiger partial charge in [-0.05, 0) is 37.8 Å². The highest BCUT2D eigenvalue weighted by Gasteiger charge is 2.27. The highest BCUT2D eigenvalue weighted by Crippen LogP contribution is 2.22. The Morgan fingerprint density at radius 3 is 3.12 bits per heavy atom. The molecule has 17 heavy (non-hydrogen) atoms. The molecule has 1 aliphatic heterocycles. The third-order valence-electron chi connectivity index (χ3n) is 3.35. The molecule has 1 aliphatic rings. The minimum absolute atomic E-state index is 0.0906. The lowest BCUT2D eigenvalue weighted by molar-refractivity contribution is 0.0602. The van der Waals surface area contributed by atoms with E-state index in [-0.39, 0.29) is 17.5 Å². The lowest BCUT2D eigenvalue weighted by Crippen LogP contribution is -2.43. The van der Waals surface area contributed by atoms with E-state index < -0.39 is 5.95 Å². The SMILES string of the molecule is CCC1CCCCN1C(=O)c1cccnc1F. The van der Waals surface area contributed by atoms with Crippen LogP contribution in [-0.2, 0) is 0 Å². The average Bonchev–Trinajstić information content (AvgIpc) is 2.38. The van der Waals surface area contributed by atoms with Crippen molar-refractivity contribution in [3.8, 4) is 0 Å². The largest absolute Gasteiger partial charge is 0.336 e. The van der Waals surface area contributed by atoms with Gasteiger partial charge in [-0.3, -0.25) is 4.79 Å². The molecule has 92 valence electrons. The number of pyridine rings is 1. The van der Waals surface area contributed by atoms with E-state index >= 15 is 0 Å². The number of likely N-dealkylation sites (tertiary alicyclic amines) is 1. The summed E-state index contributed by atoms with van der Waals surface area (Å²) in [5, 5.41) is 0. The summed E-state index contributed by atoms with van der Waals surface area (Å²) in [5.74, 6) is -0.889. The Morgan fingerprint density at radius 1 is 1.59 bits per heavy atom. The number of amides is 1. The van der Waals surface area contributed by atoms with Crippen LogP contribution in [0.4, 0.5) is 4.39 Å². The van der Waals surface area contributed by atoms with E-state index in [1.54, 1.807) is 11.0 Å². The number of halogens is 1. The summed E-state index contributed by atoms with van der Waals surface area (Å²) in [4.78, 5) is 17.6. The van der Waals surface area contributed by atoms with Crippen LogP contribution in [0.1, 0.15) is 43.0 Å². The Kier molecular flexibility index (Phi) is 3.71. The maximum atomic E-state index is 13.5. The third kappa shape index (κ3) is 2.46. The highest BCUT2D eigenvalue weighted by molar-refractivity contribution is 5.94. The Morgan fingerprint density at radius 2 is 2.41 bits per heavy atom. The minimum atomic E-state index is -0.669. The quantitative estimate of drug-likeness (QED) is 0.739. The molecule has 0 aliphatic carbocycles. The summed E-state index contributed by atoms with van der Waals surface area (Å²) in [6.07, 6.45) is 5.46. The molecular formula is C13H17FN2O. The predicted molar refractivity (Wildman–Crippen MR) is 63.2 cm³/mol. The van der Waals surface area contributed by atoms with E-state index in [2.05, 4.69) is 11.9 Å². The van der Waals surface area contributed by atoms with Crippen molar-refractivity contribution in [3.63, 3.8) is 0 Å². The van der Waals surface area contributed by atoms with Crippen LogP contribution in [0, 0.1) is 5.95 Å². The van der Waals surface area contributed by atoms with Crippen molar-refractivity contribution in [1.82, 2.24) is 9.88 Å². The van der Waals surface area contributed by atoms with Gasteiger partial charge >= 0.3 is 0 Å². The maximum Gasteiger partial charge on any atom is 0.258 e. The van der Waals surface area contributed by atoms with E-state index in [0.717, 1.165) is 32.2 Å². The van der Waals surface area contributed by atoms with E-state index in [0.29, 0.717) is 0 Å². The van der Waals surface area contributed by atoms with Gasteiger partial charge in [0.1, 0.15) is 0 Å². The Balaban J connectivity index is 2.21. The molecule has 2 heterocycles. The number of nitrogens with zero attached hydrogens (tertiary/aromatic N) is 2. The zero-order valence-corrected chi connectivity index (χ0v) is 10.0. The molecule has 1 atom stereocenters. The molecular weight excluding hydrogens is 219 g/mol. The molecule has 4 heteroatoms. The molecule has 0 radical (unpaired) electrons. The zero-order chi connectivity index (χ0) is 12.3. The van der Waals surface area contributed by atoms with Crippen molar-refractivity contribution in [1.29, 1.82) is 0 Å². The van der Waals surface area contributed by atoms with Gasteiger partial charge in [0.05, 0.1) is 5.56 Å². The average molecular weight is 236 g/mol. The first-order valence-electron chi connectivity index (χ1n) is 6.15. The molecule has 0 bridgehead atoms. The smallest absolute Gasteiger partial charge is 0.258 e. The van der Waals surface area contributed by atoms with Crippen molar-refractivity contribution < 1.29 is 9.18 Å². The minimum Gasteiger partial charge on any atom is -0.336 e. The second-order valence-corrected chi connectivity index (χ2v) is 4.40. The molecule has 1 saturated heterocycles. The first-order chi connectivity index (χ1) is 8.24. The third-order valence-corrected chi connectivity index (χ3v) is 3.35. The van der Waals surface area contributed by atoms with Gasteiger partial charge in [-0.15, -0.1) is 0 Å². The topological polar surface area (TPSA) is 33.2 Å². The fourth-order valence-electron chi connectivity index (χ4n) is 2.39. The summed E-state index contributed by atoms with van der Waals surface area (Å²) in [6.45, 7) is 2.79. The van der Waals surface area contributed by atoms with Crippen LogP contribution in [0.15, 0.2) is 18.3 Å². The summed E-state index contributed by atoms with van der Waals surface area (Å²) < 4.78 is 13.5. The van der Waals surface area contributed by atoms with Crippen molar-refractivity contribution in [2.24, 2.45) is 0 Å². The van der Waals surface area contributed by atoms with Crippen LogP contribution in [0.25, 0.3) is 0 Å². The second kappa shape index (κ2) is 5.25. The summed E-state index contributed by atoms with van der Waals surface area (Å²) in [6, 6.07) is 3.35. The molecule has 0 spiro atoms. The molecule has 3 nitrogen and oxygen atoms in total. The Bertz CT molecular complexity index is 408. The van der Waals surface area contributed by atoms with Crippen molar-refractivity contribution in [3.05, 3.63) is 29.8 Å². The maximum absolute atomic E-state index is 13.5. The lowest BCUT2D eigenvalue weighted by Gasteiger charge is -2.35. The van der Waals surface area contributed by atoms with E-state index in [1.165, 1.54) is 12.3 Å². The first-order valence-corrected chi connectivity index (χ1v) is 6.15. The molecule has 1 amide bonds. The molecule has 1 unspecified atom stereocenters. The molecule has 2 rings (SSSR count). The van der Waals surface area contributed by atoms with Crippen LogP contribution >= 0.6 is 0 Å². The summed E-state index contributed by atoms with van der Waals surface area (Å²) in [7, 11) is 0. The van der Waals surface area contributed by atoms with Crippen molar-refractivity contribution in [2.75, 3.05) is 6.54 Å². The molecule has 0 N–H and O–H groups in total. The molecule has 1 aromatic heterocycles.